The Balaban J connectivity index is 3.33. The Kier molecular flexibility index (Phi) is 4.38. The third kappa shape index (κ3) is 3.33. The fourth-order valence-corrected chi connectivity index (χ4v) is 0.960. The average molecular weight is 153 g/mol. The van der Waals surface area contributed by atoms with Gasteiger partial charge in [0.1, 0.15) is 0 Å². The molecule has 3 heteroatoms. The Morgan fingerprint density at radius 1 is 1.88 bits per heavy atom. The van der Waals surface area contributed by atoms with Crippen LogP contribution < -0.4 is 0 Å². The summed E-state index contributed by atoms with van der Waals surface area (Å²) in [5.74, 6) is 0.815. The molecule has 0 saturated heterocycles. The SMILES string of the molecule is CCSC(=O)C(C)Cl. The van der Waals surface area contributed by atoms with Gasteiger partial charge in [-0.2, -0.15) is 0 Å². The van der Waals surface area contributed by atoms with Crippen LogP contribution >= 0.6 is 23.4 Å². The van der Waals surface area contributed by atoms with Crippen molar-refractivity contribution in [3.8, 4) is 0 Å². The number of thioether (sulfide) groups is 1. The number of hydrogen-bond donors (Lipinski definition) is 0. The van der Waals surface area contributed by atoms with E-state index in [1.54, 1.807) is 6.92 Å². The second-order valence-corrected chi connectivity index (χ2v) is 3.29. The summed E-state index contributed by atoms with van der Waals surface area (Å²) in [7, 11) is 0. The van der Waals surface area contributed by atoms with E-state index in [9.17, 15) is 4.79 Å². The summed E-state index contributed by atoms with van der Waals surface area (Å²) >= 11 is 6.71. The first-order valence-corrected chi connectivity index (χ1v) is 3.91. The normalized spacial score (nSPS) is 13.4. The summed E-state index contributed by atoms with van der Waals surface area (Å²) in [4.78, 5) is 10.6. The molecule has 0 aliphatic carbocycles. The maximum absolute atomic E-state index is 10.6. The number of alkyl halides is 1. The predicted octanol–water partition coefficient (Wildman–Crippen LogP) is 1.89. The molecule has 48 valence electrons. The molecule has 0 aromatic carbocycles. The Morgan fingerprint density at radius 3 is 2.50 bits per heavy atom. The van der Waals surface area contributed by atoms with Crippen molar-refractivity contribution in [2.24, 2.45) is 0 Å². The van der Waals surface area contributed by atoms with E-state index in [4.69, 9.17) is 11.6 Å². The van der Waals surface area contributed by atoms with Crippen LogP contribution in [0.4, 0.5) is 0 Å². The maximum Gasteiger partial charge on any atom is 0.206 e. The minimum Gasteiger partial charge on any atom is -0.286 e. The lowest BCUT2D eigenvalue weighted by Crippen LogP contribution is -2.04. The van der Waals surface area contributed by atoms with Crippen LogP contribution in [0.5, 0.6) is 0 Å². The molecule has 1 unspecified atom stereocenters. The zero-order valence-electron chi connectivity index (χ0n) is 4.98. The molecule has 0 N–H and O–H groups in total. The topological polar surface area (TPSA) is 17.1 Å². The zero-order chi connectivity index (χ0) is 6.57. The van der Waals surface area contributed by atoms with Gasteiger partial charge in [-0.05, 0) is 12.7 Å². The number of rotatable bonds is 2. The summed E-state index contributed by atoms with van der Waals surface area (Å²) in [6.07, 6.45) is 0. The van der Waals surface area contributed by atoms with E-state index in [0.717, 1.165) is 5.75 Å². The fourth-order valence-electron chi connectivity index (χ4n) is 0.257. The van der Waals surface area contributed by atoms with Crippen molar-refractivity contribution in [1.82, 2.24) is 0 Å². The molecule has 0 aromatic heterocycles. The lowest BCUT2D eigenvalue weighted by atomic mass is 10.5. The van der Waals surface area contributed by atoms with Crippen molar-refractivity contribution in [2.45, 2.75) is 19.2 Å². The molecule has 0 aromatic rings. The minimum atomic E-state index is -0.333. The van der Waals surface area contributed by atoms with Crippen LogP contribution in [0.25, 0.3) is 0 Å². The van der Waals surface area contributed by atoms with Crippen LogP contribution in [-0.2, 0) is 4.79 Å². The third-order valence-corrected chi connectivity index (χ3v) is 1.87. The number of hydrogen-bond acceptors (Lipinski definition) is 2. The van der Waals surface area contributed by atoms with Crippen molar-refractivity contribution in [3.05, 3.63) is 0 Å². The molecule has 0 rings (SSSR count). The van der Waals surface area contributed by atoms with Gasteiger partial charge in [-0.3, -0.25) is 4.79 Å². The van der Waals surface area contributed by atoms with E-state index in [0.29, 0.717) is 0 Å². The van der Waals surface area contributed by atoms with E-state index in [1.807, 2.05) is 6.92 Å². The largest absolute Gasteiger partial charge is 0.286 e. The highest BCUT2D eigenvalue weighted by atomic mass is 35.5. The van der Waals surface area contributed by atoms with Crippen LogP contribution in [0.2, 0.25) is 0 Å². The van der Waals surface area contributed by atoms with Gasteiger partial charge in [0.15, 0.2) is 0 Å². The van der Waals surface area contributed by atoms with E-state index in [-0.39, 0.29) is 10.5 Å². The highest BCUT2D eigenvalue weighted by molar-refractivity contribution is 8.13. The molecule has 0 aliphatic heterocycles. The van der Waals surface area contributed by atoms with Crippen LogP contribution in [-0.4, -0.2) is 16.2 Å². The summed E-state index contributed by atoms with van der Waals surface area (Å²) in [6.45, 7) is 3.62. The van der Waals surface area contributed by atoms with Gasteiger partial charge in [0.05, 0.1) is 5.38 Å². The van der Waals surface area contributed by atoms with Gasteiger partial charge >= 0.3 is 0 Å². The van der Waals surface area contributed by atoms with Crippen LogP contribution in [0, 0.1) is 0 Å². The molecule has 0 amide bonds. The molecule has 0 fully saturated rings. The van der Waals surface area contributed by atoms with E-state index in [2.05, 4.69) is 0 Å². The molecule has 1 atom stereocenters. The first-order valence-electron chi connectivity index (χ1n) is 2.49. The highest BCUT2D eigenvalue weighted by Gasteiger charge is 2.06. The monoisotopic (exact) mass is 152 g/mol. The van der Waals surface area contributed by atoms with Gasteiger partial charge in [0.2, 0.25) is 5.12 Å². The van der Waals surface area contributed by atoms with Gasteiger partial charge in [0, 0.05) is 0 Å². The highest BCUT2D eigenvalue weighted by Crippen LogP contribution is 2.08. The number of carbonyl (C=O) groups excluding carboxylic acids is 1. The summed E-state index contributed by atoms with van der Waals surface area (Å²) in [5, 5.41) is -0.269. The molecule has 0 spiro atoms. The quantitative estimate of drug-likeness (QED) is 0.563. The molecule has 8 heavy (non-hydrogen) atoms. The number of carbonyl (C=O) groups is 1. The Bertz CT molecular complexity index is 82.5. The van der Waals surface area contributed by atoms with Gasteiger partial charge < -0.3 is 0 Å². The Labute approximate surface area is 58.8 Å². The molecule has 0 saturated carbocycles. The van der Waals surface area contributed by atoms with Crippen molar-refractivity contribution in [3.63, 3.8) is 0 Å². The van der Waals surface area contributed by atoms with Gasteiger partial charge in [-0.25, -0.2) is 0 Å². The maximum atomic E-state index is 10.6. The predicted molar refractivity (Wildman–Crippen MR) is 38.5 cm³/mol. The second-order valence-electron chi connectivity index (χ2n) is 1.37. The molecule has 0 aliphatic rings. The smallest absolute Gasteiger partial charge is 0.206 e. The van der Waals surface area contributed by atoms with Crippen molar-refractivity contribution >= 4 is 28.5 Å². The first kappa shape index (κ1) is 8.31. The lowest BCUT2D eigenvalue weighted by molar-refractivity contribution is -0.110. The minimum absolute atomic E-state index is 0.0640. The summed E-state index contributed by atoms with van der Waals surface area (Å²) < 4.78 is 0. The van der Waals surface area contributed by atoms with E-state index >= 15 is 0 Å². The molecule has 0 heterocycles. The average Bonchev–Trinajstić information content (AvgIpc) is 1.67. The summed E-state index contributed by atoms with van der Waals surface area (Å²) in [5.41, 5.74) is 0. The van der Waals surface area contributed by atoms with Gasteiger partial charge in [-0.1, -0.05) is 18.7 Å². The van der Waals surface area contributed by atoms with Crippen molar-refractivity contribution in [1.29, 1.82) is 0 Å². The molecule has 0 bridgehead atoms. The van der Waals surface area contributed by atoms with Crippen LogP contribution in [0.1, 0.15) is 13.8 Å². The summed E-state index contributed by atoms with van der Waals surface area (Å²) in [6, 6.07) is 0. The van der Waals surface area contributed by atoms with Crippen LogP contribution in [0.15, 0.2) is 0 Å². The zero-order valence-corrected chi connectivity index (χ0v) is 6.55. The molecular weight excluding hydrogens is 144 g/mol. The molecule has 0 radical (unpaired) electrons. The van der Waals surface area contributed by atoms with Crippen molar-refractivity contribution in [2.75, 3.05) is 5.75 Å². The standard InChI is InChI=1S/C5H9ClOS/c1-3-8-5(7)4(2)6/h4H,3H2,1-2H3. The lowest BCUT2D eigenvalue weighted by Gasteiger charge is -1.96. The molecule has 1 nitrogen and oxygen atoms in total. The van der Waals surface area contributed by atoms with E-state index in [1.165, 1.54) is 11.8 Å². The Morgan fingerprint density at radius 2 is 2.38 bits per heavy atom. The van der Waals surface area contributed by atoms with Gasteiger partial charge in [0.25, 0.3) is 0 Å². The van der Waals surface area contributed by atoms with E-state index < -0.39 is 0 Å². The van der Waals surface area contributed by atoms with Crippen LogP contribution in [0.3, 0.4) is 0 Å². The first-order chi connectivity index (χ1) is 3.68. The second kappa shape index (κ2) is 4.21. The number of halogens is 1. The fraction of sp³-hybridized carbons (Fsp3) is 0.800. The molecular formula is C5H9ClOS. The third-order valence-electron chi connectivity index (χ3n) is 0.611. The van der Waals surface area contributed by atoms with Crippen molar-refractivity contribution < 1.29 is 4.79 Å². The Hall–Kier alpha value is 0.310. The van der Waals surface area contributed by atoms with Gasteiger partial charge in [-0.15, -0.1) is 11.6 Å².